The van der Waals surface area contributed by atoms with Crippen molar-refractivity contribution in [3.05, 3.63) is 30.0 Å². The Kier molecular flexibility index (Phi) is 2.07. The minimum atomic E-state index is 0.940. The van der Waals surface area contributed by atoms with Crippen molar-refractivity contribution in [3.8, 4) is 0 Å². The van der Waals surface area contributed by atoms with Gasteiger partial charge in [0.05, 0.1) is 4.90 Å². The van der Waals surface area contributed by atoms with Gasteiger partial charge in [0.1, 0.15) is 11.3 Å². The number of thiol groups is 1. The molecule has 2 aromatic rings. The van der Waals surface area contributed by atoms with Crippen molar-refractivity contribution in [2.24, 2.45) is 0 Å². The molecule has 0 aliphatic heterocycles. The molecule has 0 radical (unpaired) electrons. The number of fused-ring (bicyclic) bond motifs is 1. The van der Waals surface area contributed by atoms with Crippen LogP contribution in [0.1, 0.15) is 5.76 Å². The monoisotopic (exact) mass is 196 g/mol. The van der Waals surface area contributed by atoms with Crippen LogP contribution in [-0.4, -0.2) is 0 Å². The van der Waals surface area contributed by atoms with Crippen LogP contribution < -0.4 is 0 Å². The number of furan rings is 1. The lowest BCUT2D eigenvalue weighted by Crippen LogP contribution is -1.67. The Bertz CT molecular complexity index is 406. The highest BCUT2D eigenvalue weighted by Crippen LogP contribution is 2.31. The Morgan fingerprint density at radius 2 is 2.25 bits per heavy atom. The molecule has 0 amide bonds. The van der Waals surface area contributed by atoms with Crippen molar-refractivity contribution in [3.63, 3.8) is 0 Å². The topological polar surface area (TPSA) is 13.1 Å². The molecular formula is C9H8OS2. The van der Waals surface area contributed by atoms with Crippen LogP contribution in [0.4, 0.5) is 0 Å². The molecule has 1 aromatic carbocycles. The fourth-order valence-electron chi connectivity index (χ4n) is 1.24. The quantitative estimate of drug-likeness (QED) is 0.552. The molecule has 0 atom stereocenters. The second-order valence-electron chi connectivity index (χ2n) is 2.62. The molecule has 12 heavy (non-hydrogen) atoms. The zero-order valence-corrected chi connectivity index (χ0v) is 8.28. The fourth-order valence-corrected chi connectivity index (χ4v) is 2.05. The van der Waals surface area contributed by atoms with Gasteiger partial charge in [0.25, 0.3) is 0 Å². The molecule has 0 unspecified atom stereocenters. The molecular weight excluding hydrogens is 188 g/mol. The fraction of sp³-hybridized carbons (Fsp3) is 0.111. The van der Waals surface area contributed by atoms with Crippen LogP contribution in [0.15, 0.2) is 33.6 Å². The van der Waals surface area contributed by atoms with E-state index in [0.29, 0.717) is 0 Å². The van der Waals surface area contributed by atoms with E-state index in [2.05, 4.69) is 11.7 Å². The minimum Gasteiger partial charge on any atom is -0.460 e. The van der Waals surface area contributed by atoms with E-state index in [0.717, 1.165) is 21.6 Å². The van der Waals surface area contributed by atoms with Gasteiger partial charge < -0.3 is 4.42 Å². The third-order valence-electron chi connectivity index (χ3n) is 1.73. The number of para-hydroxylation sites is 1. The van der Waals surface area contributed by atoms with Crippen LogP contribution in [0.25, 0.3) is 11.0 Å². The predicted molar refractivity (Wildman–Crippen MR) is 55.8 cm³/mol. The van der Waals surface area contributed by atoms with Gasteiger partial charge in [0, 0.05) is 5.39 Å². The first kappa shape index (κ1) is 8.08. The summed E-state index contributed by atoms with van der Waals surface area (Å²) in [7, 11) is 1.41. The molecule has 1 aromatic heterocycles. The molecule has 0 spiro atoms. The van der Waals surface area contributed by atoms with Crippen LogP contribution >= 0.6 is 22.5 Å². The first-order valence-corrected chi connectivity index (χ1v) is 5.49. The Morgan fingerprint density at radius 3 is 3.00 bits per heavy atom. The van der Waals surface area contributed by atoms with Gasteiger partial charge in [-0.25, -0.2) is 0 Å². The Labute approximate surface area is 80.0 Å². The molecule has 0 bridgehead atoms. The van der Waals surface area contributed by atoms with Crippen LogP contribution in [0.2, 0.25) is 0 Å². The average Bonchev–Trinajstić information content (AvgIpc) is 2.44. The van der Waals surface area contributed by atoms with Gasteiger partial charge in [-0.05, 0) is 19.1 Å². The first-order chi connectivity index (χ1) is 5.81. The highest BCUT2D eigenvalue weighted by atomic mass is 33.1. The van der Waals surface area contributed by atoms with E-state index >= 15 is 0 Å². The van der Waals surface area contributed by atoms with Crippen molar-refractivity contribution >= 4 is 33.4 Å². The molecule has 0 saturated carbocycles. The summed E-state index contributed by atoms with van der Waals surface area (Å²) >= 11 is 4.15. The van der Waals surface area contributed by atoms with Gasteiger partial charge in [-0.2, -0.15) is 0 Å². The van der Waals surface area contributed by atoms with Gasteiger partial charge in [0.15, 0.2) is 0 Å². The minimum absolute atomic E-state index is 0.940. The molecule has 3 heteroatoms. The molecule has 1 heterocycles. The van der Waals surface area contributed by atoms with Gasteiger partial charge in [-0.1, -0.05) is 22.9 Å². The van der Waals surface area contributed by atoms with Gasteiger partial charge in [-0.15, -0.1) is 11.7 Å². The lowest BCUT2D eigenvalue weighted by molar-refractivity contribution is 0.572. The lowest BCUT2D eigenvalue weighted by atomic mass is 10.2. The van der Waals surface area contributed by atoms with Gasteiger partial charge >= 0.3 is 0 Å². The highest BCUT2D eigenvalue weighted by molar-refractivity contribution is 8.68. The number of benzene rings is 1. The maximum Gasteiger partial charge on any atom is 0.148 e. The second-order valence-corrected chi connectivity index (χ2v) is 3.79. The SMILES string of the molecule is Cc1cc2cccc(SS)c2o1. The summed E-state index contributed by atoms with van der Waals surface area (Å²) in [5.41, 5.74) is 0.940. The molecule has 0 saturated heterocycles. The molecule has 0 aliphatic carbocycles. The Balaban J connectivity index is 2.78. The van der Waals surface area contributed by atoms with E-state index in [9.17, 15) is 0 Å². The van der Waals surface area contributed by atoms with E-state index in [4.69, 9.17) is 4.42 Å². The van der Waals surface area contributed by atoms with Gasteiger partial charge in [0.2, 0.25) is 0 Å². The van der Waals surface area contributed by atoms with Crippen molar-refractivity contribution in [1.29, 1.82) is 0 Å². The van der Waals surface area contributed by atoms with Crippen LogP contribution in [0.5, 0.6) is 0 Å². The Morgan fingerprint density at radius 1 is 1.42 bits per heavy atom. The predicted octanol–water partition coefficient (Wildman–Crippen LogP) is 3.68. The van der Waals surface area contributed by atoms with Crippen molar-refractivity contribution in [2.45, 2.75) is 11.8 Å². The van der Waals surface area contributed by atoms with Gasteiger partial charge in [-0.3, -0.25) is 0 Å². The summed E-state index contributed by atoms with van der Waals surface area (Å²) in [4.78, 5) is 1.07. The number of hydrogen-bond donors (Lipinski definition) is 1. The van der Waals surface area contributed by atoms with Crippen molar-refractivity contribution in [1.82, 2.24) is 0 Å². The summed E-state index contributed by atoms with van der Waals surface area (Å²) in [5, 5.41) is 1.14. The maximum absolute atomic E-state index is 5.52. The molecule has 62 valence electrons. The lowest BCUT2D eigenvalue weighted by Gasteiger charge is -1.94. The van der Waals surface area contributed by atoms with E-state index in [1.54, 1.807) is 0 Å². The summed E-state index contributed by atoms with van der Waals surface area (Å²) < 4.78 is 5.52. The molecule has 2 rings (SSSR count). The van der Waals surface area contributed by atoms with E-state index in [-0.39, 0.29) is 0 Å². The molecule has 0 fully saturated rings. The van der Waals surface area contributed by atoms with E-state index in [1.165, 1.54) is 10.8 Å². The highest BCUT2D eigenvalue weighted by Gasteiger charge is 2.04. The summed E-state index contributed by atoms with van der Waals surface area (Å²) in [6, 6.07) is 8.08. The average molecular weight is 196 g/mol. The summed E-state index contributed by atoms with van der Waals surface area (Å²) in [6.45, 7) is 1.95. The number of aryl methyl sites for hydroxylation is 1. The normalized spacial score (nSPS) is 10.8. The Hall–Kier alpha value is -0.540. The second kappa shape index (κ2) is 3.07. The van der Waals surface area contributed by atoms with Crippen LogP contribution in [0.3, 0.4) is 0 Å². The zero-order valence-electron chi connectivity index (χ0n) is 6.57. The summed E-state index contributed by atoms with van der Waals surface area (Å²) in [6.07, 6.45) is 0. The largest absolute Gasteiger partial charge is 0.460 e. The molecule has 0 N–H and O–H groups in total. The number of rotatable bonds is 1. The maximum atomic E-state index is 5.52. The third-order valence-corrected chi connectivity index (χ3v) is 2.84. The smallest absolute Gasteiger partial charge is 0.148 e. The van der Waals surface area contributed by atoms with E-state index < -0.39 is 0 Å². The van der Waals surface area contributed by atoms with Crippen LogP contribution in [-0.2, 0) is 0 Å². The third kappa shape index (κ3) is 1.23. The van der Waals surface area contributed by atoms with Crippen molar-refractivity contribution < 1.29 is 4.42 Å². The molecule has 1 nitrogen and oxygen atoms in total. The number of hydrogen-bond acceptors (Lipinski definition) is 3. The summed E-state index contributed by atoms with van der Waals surface area (Å²) in [5.74, 6) is 0.944. The standard InChI is InChI=1S/C9H8OS2/c1-6-5-7-3-2-4-8(12-11)9(7)10-6/h2-5,11H,1H3. The zero-order chi connectivity index (χ0) is 8.55. The van der Waals surface area contributed by atoms with E-state index in [1.807, 2.05) is 31.2 Å². The first-order valence-electron chi connectivity index (χ1n) is 3.62. The van der Waals surface area contributed by atoms with Crippen LogP contribution in [0, 0.1) is 6.92 Å². The van der Waals surface area contributed by atoms with Crippen molar-refractivity contribution in [2.75, 3.05) is 0 Å². The molecule has 0 aliphatic rings.